The fourth-order valence-corrected chi connectivity index (χ4v) is 1.42. The van der Waals surface area contributed by atoms with Gasteiger partial charge in [0.1, 0.15) is 4.47 Å². The van der Waals surface area contributed by atoms with Gasteiger partial charge < -0.3 is 14.9 Å². The maximum atomic E-state index is 12.5. The lowest BCUT2D eigenvalue weighted by Crippen LogP contribution is -2.00. The highest BCUT2D eigenvalue weighted by Crippen LogP contribution is 2.35. The van der Waals surface area contributed by atoms with Crippen LogP contribution in [0.25, 0.3) is 0 Å². The molecule has 0 saturated heterocycles. The largest absolute Gasteiger partial charge is 0.463 e. The van der Waals surface area contributed by atoms with Crippen LogP contribution in [0.4, 0.5) is 14.6 Å². The molecular formula is C7H5BrF2N2O3. The Morgan fingerprint density at radius 2 is 2.27 bits per heavy atom. The van der Waals surface area contributed by atoms with E-state index in [1.165, 1.54) is 7.11 Å². The van der Waals surface area contributed by atoms with Gasteiger partial charge in [-0.2, -0.15) is 0 Å². The van der Waals surface area contributed by atoms with Crippen molar-refractivity contribution in [3.05, 3.63) is 26.2 Å². The first-order chi connectivity index (χ1) is 6.97. The molecule has 0 aliphatic rings. The summed E-state index contributed by atoms with van der Waals surface area (Å²) in [5.41, 5.74) is -0.520. The van der Waals surface area contributed by atoms with Gasteiger partial charge in [0, 0.05) is 16.6 Å². The van der Waals surface area contributed by atoms with Crippen molar-refractivity contribution in [3.63, 3.8) is 0 Å². The van der Waals surface area contributed by atoms with Crippen molar-refractivity contribution in [2.45, 2.75) is 6.43 Å². The van der Waals surface area contributed by atoms with Crippen LogP contribution in [0.15, 0.2) is 10.5 Å². The van der Waals surface area contributed by atoms with Crippen molar-refractivity contribution >= 4 is 21.7 Å². The number of nitro groups is 1. The fraction of sp³-hybridized carbons (Fsp3) is 0.286. The van der Waals surface area contributed by atoms with E-state index in [-0.39, 0.29) is 10.4 Å². The summed E-state index contributed by atoms with van der Waals surface area (Å²) in [6.45, 7) is 0. The molecule has 15 heavy (non-hydrogen) atoms. The Morgan fingerprint density at radius 3 is 2.67 bits per heavy atom. The maximum Gasteiger partial charge on any atom is 0.382 e. The lowest BCUT2D eigenvalue weighted by atomic mass is 10.2. The summed E-state index contributed by atoms with van der Waals surface area (Å²) in [5, 5.41) is 10.5. The predicted molar refractivity (Wildman–Crippen MR) is 50.1 cm³/mol. The van der Waals surface area contributed by atoms with Gasteiger partial charge in [-0.1, -0.05) is 0 Å². The lowest BCUT2D eigenvalue weighted by molar-refractivity contribution is -0.390. The van der Waals surface area contributed by atoms with Crippen molar-refractivity contribution < 1.29 is 18.4 Å². The molecule has 0 fully saturated rings. The van der Waals surface area contributed by atoms with E-state index in [4.69, 9.17) is 0 Å². The molecule has 1 aromatic rings. The van der Waals surface area contributed by atoms with Crippen molar-refractivity contribution in [1.82, 2.24) is 4.98 Å². The van der Waals surface area contributed by atoms with Gasteiger partial charge in [0.05, 0.1) is 7.11 Å². The highest BCUT2D eigenvalue weighted by atomic mass is 79.9. The number of hydrogen-bond acceptors (Lipinski definition) is 4. The van der Waals surface area contributed by atoms with E-state index in [9.17, 15) is 18.9 Å². The smallest absolute Gasteiger partial charge is 0.382 e. The van der Waals surface area contributed by atoms with Crippen LogP contribution >= 0.6 is 15.9 Å². The average molecular weight is 283 g/mol. The molecule has 0 amide bonds. The van der Waals surface area contributed by atoms with E-state index in [0.717, 1.165) is 6.07 Å². The Morgan fingerprint density at radius 1 is 1.67 bits per heavy atom. The topological polar surface area (TPSA) is 65.3 Å². The minimum Gasteiger partial charge on any atom is -0.463 e. The highest BCUT2D eigenvalue weighted by molar-refractivity contribution is 9.10. The van der Waals surface area contributed by atoms with Crippen molar-refractivity contribution in [3.8, 4) is 5.88 Å². The molecule has 0 bridgehead atoms. The average Bonchev–Trinajstić information content (AvgIpc) is 2.17. The van der Waals surface area contributed by atoms with E-state index >= 15 is 0 Å². The normalized spacial score (nSPS) is 10.5. The molecule has 82 valence electrons. The Balaban J connectivity index is 3.40. The highest BCUT2D eigenvalue weighted by Gasteiger charge is 2.25. The van der Waals surface area contributed by atoms with Crippen LogP contribution in [0.5, 0.6) is 5.88 Å². The standard InChI is InChI=1S/C7H5BrF2N2O3/c1-15-4-2-3(6(9)10)5(8)7(11-4)12(13)14/h2,6H,1H3. The van der Waals surface area contributed by atoms with E-state index in [0.29, 0.717) is 0 Å². The van der Waals surface area contributed by atoms with Crippen molar-refractivity contribution in [2.24, 2.45) is 0 Å². The molecule has 8 heteroatoms. The third-order valence-electron chi connectivity index (χ3n) is 1.56. The van der Waals surface area contributed by atoms with Gasteiger partial charge in [0.2, 0.25) is 0 Å². The van der Waals surface area contributed by atoms with Crippen LogP contribution in [0.3, 0.4) is 0 Å². The van der Waals surface area contributed by atoms with Crippen molar-refractivity contribution in [2.75, 3.05) is 7.11 Å². The minimum absolute atomic E-state index is 0.222. The molecule has 0 atom stereocenters. The predicted octanol–water partition coefficient (Wildman–Crippen LogP) is 2.70. The zero-order valence-electron chi connectivity index (χ0n) is 7.41. The molecule has 0 aliphatic carbocycles. The summed E-state index contributed by atoms with van der Waals surface area (Å²) in [6.07, 6.45) is -2.84. The third-order valence-corrected chi connectivity index (χ3v) is 2.37. The van der Waals surface area contributed by atoms with Gasteiger partial charge in [-0.3, -0.25) is 0 Å². The maximum absolute atomic E-state index is 12.5. The summed E-state index contributed by atoms with van der Waals surface area (Å²) in [7, 11) is 1.19. The van der Waals surface area contributed by atoms with Gasteiger partial charge in [0.15, 0.2) is 0 Å². The van der Waals surface area contributed by atoms with Crippen LogP contribution in [0, 0.1) is 10.1 Å². The van der Waals surface area contributed by atoms with Gasteiger partial charge >= 0.3 is 11.7 Å². The zero-order chi connectivity index (χ0) is 11.6. The molecule has 1 heterocycles. The molecule has 1 rings (SSSR count). The number of ether oxygens (including phenoxy) is 1. The van der Waals surface area contributed by atoms with Crippen LogP contribution in [-0.2, 0) is 0 Å². The monoisotopic (exact) mass is 282 g/mol. The second-order valence-corrected chi connectivity index (χ2v) is 3.24. The van der Waals surface area contributed by atoms with Crippen LogP contribution in [-0.4, -0.2) is 17.0 Å². The first-order valence-corrected chi connectivity index (χ1v) is 4.43. The second kappa shape index (κ2) is 4.47. The number of halogens is 3. The van der Waals surface area contributed by atoms with Gasteiger partial charge in [-0.15, -0.1) is 0 Å². The Labute approximate surface area is 91.3 Å². The van der Waals surface area contributed by atoms with Gasteiger partial charge in [-0.25, -0.2) is 8.78 Å². The summed E-state index contributed by atoms with van der Waals surface area (Å²) < 4.78 is 29.2. The fourth-order valence-electron chi connectivity index (χ4n) is 0.896. The number of hydrogen-bond donors (Lipinski definition) is 0. The van der Waals surface area contributed by atoms with Crippen LogP contribution in [0.1, 0.15) is 12.0 Å². The Hall–Kier alpha value is -1.31. The first kappa shape index (κ1) is 11.8. The summed E-state index contributed by atoms with van der Waals surface area (Å²) in [5.74, 6) is -0.912. The van der Waals surface area contributed by atoms with E-state index in [1.807, 2.05) is 0 Å². The number of aromatic nitrogens is 1. The molecule has 0 aromatic carbocycles. The van der Waals surface area contributed by atoms with Crippen LogP contribution < -0.4 is 4.74 Å². The molecule has 0 unspecified atom stereocenters. The summed E-state index contributed by atoms with van der Waals surface area (Å²) >= 11 is 2.71. The Bertz CT molecular complexity index is 400. The molecular weight excluding hydrogens is 278 g/mol. The van der Waals surface area contributed by atoms with E-state index < -0.39 is 22.7 Å². The van der Waals surface area contributed by atoms with E-state index in [2.05, 4.69) is 25.7 Å². The second-order valence-electron chi connectivity index (χ2n) is 2.45. The molecule has 0 aliphatic heterocycles. The Kier molecular flexibility index (Phi) is 3.51. The molecule has 0 radical (unpaired) electrons. The van der Waals surface area contributed by atoms with Crippen LogP contribution in [0.2, 0.25) is 0 Å². The molecule has 0 N–H and O–H groups in total. The number of alkyl halides is 2. The third kappa shape index (κ3) is 2.38. The number of methoxy groups -OCH3 is 1. The summed E-state index contributed by atoms with van der Waals surface area (Å²) in [6, 6.07) is 0.946. The van der Waals surface area contributed by atoms with E-state index in [1.54, 1.807) is 0 Å². The quantitative estimate of drug-likeness (QED) is 0.632. The summed E-state index contributed by atoms with van der Waals surface area (Å²) in [4.78, 5) is 13.0. The molecule has 5 nitrogen and oxygen atoms in total. The molecule has 0 spiro atoms. The minimum atomic E-state index is -2.84. The SMILES string of the molecule is COc1cc(C(F)F)c(Br)c([N+](=O)[O-])n1. The zero-order valence-corrected chi connectivity index (χ0v) is 8.99. The molecule has 0 saturated carbocycles. The number of pyridine rings is 1. The van der Waals surface area contributed by atoms with Gasteiger partial charge in [0.25, 0.3) is 6.43 Å². The van der Waals surface area contributed by atoms with Crippen molar-refractivity contribution in [1.29, 1.82) is 0 Å². The van der Waals surface area contributed by atoms with Gasteiger partial charge in [-0.05, 0) is 20.9 Å². The lowest BCUT2D eigenvalue weighted by Gasteiger charge is -2.04. The molecule has 1 aromatic heterocycles. The first-order valence-electron chi connectivity index (χ1n) is 3.64. The number of rotatable bonds is 3. The number of nitrogens with zero attached hydrogens (tertiary/aromatic N) is 2.